The van der Waals surface area contributed by atoms with E-state index in [1.807, 2.05) is 13.2 Å². The molecule has 0 aliphatic carbocycles. The number of aryl methyl sites for hydroxylation is 2. The van der Waals surface area contributed by atoms with Crippen molar-refractivity contribution in [2.45, 2.75) is 37.6 Å². The van der Waals surface area contributed by atoms with E-state index in [0.29, 0.717) is 6.04 Å². The molecule has 0 spiro atoms. The van der Waals surface area contributed by atoms with Crippen LogP contribution >= 0.6 is 11.8 Å². The Balaban J connectivity index is 2.00. The first-order valence-corrected chi connectivity index (χ1v) is 7.90. The van der Waals surface area contributed by atoms with Crippen molar-refractivity contribution in [2.24, 2.45) is 0 Å². The summed E-state index contributed by atoms with van der Waals surface area (Å²) in [4.78, 5) is 4.53. The van der Waals surface area contributed by atoms with E-state index in [0.717, 1.165) is 10.8 Å². The van der Waals surface area contributed by atoms with Crippen LogP contribution in [0.1, 0.15) is 35.2 Å². The first kappa shape index (κ1) is 15.1. The van der Waals surface area contributed by atoms with Gasteiger partial charge in [0.25, 0.3) is 0 Å². The van der Waals surface area contributed by atoms with E-state index in [4.69, 9.17) is 0 Å². The molecule has 106 valence electrons. The molecule has 0 bridgehead atoms. The van der Waals surface area contributed by atoms with Crippen LogP contribution in [0.4, 0.5) is 0 Å². The molecule has 1 aromatic carbocycles. The largest absolute Gasteiger partial charge is 0.313 e. The van der Waals surface area contributed by atoms with Crippen LogP contribution in [0.5, 0.6) is 0 Å². The molecule has 0 aliphatic heterocycles. The Hall–Kier alpha value is -1.32. The molecule has 2 rings (SSSR count). The molecule has 1 unspecified atom stereocenters. The molecule has 3 heteroatoms. The number of hydrogen-bond donors (Lipinski definition) is 1. The lowest BCUT2D eigenvalue weighted by atomic mass is 10.1. The van der Waals surface area contributed by atoms with Crippen LogP contribution in [0.25, 0.3) is 0 Å². The van der Waals surface area contributed by atoms with Gasteiger partial charge in [-0.3, -0.25) is 0 Å². The van der Waals surface area contributed by atoms with Crippen LogP contribution in [0, 0.1) is 13.8 Å². The zero-order valence-electron chi connectivity index (χ0n) is 12.6. The molecule has 1 aromatic heterocycles. The Kier molecular flexibility index (Phi) is 5.21. The number of thioether (sulfide) groups is 1. The summed E-state index contributed by atoms with van der Waals surface area (Å²) in [6.45, 7) is 6.43. The predicted octanol–water partition coefficient (Wildman–Crippen LogP) is 4.27. The van der Waals surface area contributed by atoms with Crippen molar-refractivity contribution in [3.05, 3.63) is 58.8 Å². The highest BCUT2D eigenvalue weighted by atomic mass is 32.2. The Labute approximate surface area is 126 Å². The quantitative estimate of drug-likeness (QED) is 0.831. The molecule has 0 saturated heterocycles. The van der Waals surface area contributed by atoms with E-state index in [2.05, 4.69) is 61.4 Å². The summed E-state index contributed by atoms with van der Waals surface area (Å²) in [5, 5.41) is 4.30. The molecule has 1 atom stereocenters. The van der Waals surface area contributed by atoms with Crippen molar-refractivity contribution < 1.29 is 0 Å². The topological polar surface area (TPSA) is 24.9 Å². The first-order chi connectivity index (χ1) is 9.58. The molecule has 0 radical (unpaired) electrons. The van der Waals surface area contributed by atoms with Gasteiger partial charge in [-0.15, -0.1) is 11.8 Å². The van der Waals surface area contributed by atoms with Crippen LogP contribution in [-0.2, 0) is 5.75 Å². The smallest absolute Gasteiger partial charge is 0.0963 e. The minimum Gasteiger partial charge on any atom is -0.313 e. The van der Waals surface area contributed by atoms with Crippen molar-refractivity contribution in [3.8, 4) is 0 Å². The summed E-state index contributed by atoms with van der Waals surface area (Å²) in [7, 11) is 1.97. The highest BCUT2D eigenvalue weighted by molar-refractivity contribution is 7.98. The molecule has 2 nitrogen and oxygen atoms in total. The third-order valence-electron chi connectivity index (χ3n) is 3.36. The second-order valence-electron chi connectivity index (χ2n) is 5.22. The Morgan fingerprint density at radius 1 is 1.15 bits per heavy atom. The molecular weight excluding hydrogens is 264 g/mol. The predicted molar refractivity (Wildman–Crippen MR) is 87.2 cm³/mol. The van der Waals surface area contributed by atoms with Gasteiger partial charge < -0.3 is 5.32 Å². The third kappa shape index (κ3) is 4.09. The summed E-state index contributed by atoms with van der Waals surface area (Å²) in [6, 6.07) is 11.3. The van der Waals surface area contributed by atoms with Gasteiger partial charge in [-0.05, 0) is 45.0 Å². The fourth-order valence-corrected chi connectivity index (χ4v) is 2.98. The fraction of sp³-hybridized carbons (Fsp3) is 0.353. The number of benzene rings is 1. The second kappa shape index (κ2) is 6.91. The summed E-state index contributed by atoms with van der Waals surface area (Å²) in [5.41, 5.74) is 5.24. The number of nitrogens with one attached hydrogen (secondary N) is 1. The summed E-state index contributed by atoms with van der Waals surface area (Å²) < 4.78 is 0. The first-order valence-electron chi connectivity index (χ1n) is 6.91. The summed E-state index contributed by atoms with van der Waals surface area (Å²) >= 11 is 1.79. The monoisotopic (exact) mass is 286 g/mol. The minimum absolute atomic E-state index is 0.348. The Bertz CT molecular complexity index is 543. The maximum Gasteiger partial charge on any atom is 0.0963 e. The number of pyridine rings is 1. The molecule has 20 heavy (non-hydrogen) atoms. The average molecular weight is 286 g/mol. The summed E-state index contributed by atoms with van der Waals surface area (Å²) in [5.74, 6) is 0.969. The zero-order chi connectivity index (χ0) is 14.5. The van der Waals surface area contributed by atoms with Gasteiger partial charge >= 0.3 is 0 Å². The van der Waals surface area contributed by atoms with Crippen molar-refractivity contribution in [1.82, 2.24) is 10.3 Å². The van der Waals surface area contributed by atoms with Crippen LogP contribution < -0.4 is 5.32 Å². The fourth-order valence-electron chi connectivity index (χ4n) is 2.21. The van der Waals surface area contributed by atoms with E-state index in [1.165, 1.54) is 22.3 Å². The molecule has 1 N–H and O–H groups in total. The van der Waals surface area contributed by atoms with Gasteiger partial charge in [0.1, 0.15) is 0 Å². The SMILES string of the molecule is CNC(C)c1ccc(SCc2cc(C)cc(C)c2)nc1. The van der Waals surface area contributed by atoms with Gasteiger partial charge in [0.05, 0.1) is 5.03 Å². The van der Waals surface area contributed by atoms with Gasteiger partial charge in [0.2, 0.25) is 0 Å². The van der Waals surface area contributed by atoms with Crippen molar-refractivity contribution >= 4 is 11.8 Å². The molecule has 0 fully saturated rings. The second-order valence-corrected chi connectivity index (χ2v) is 6.22. The van der Waals surface area contributed by atoms with Gasteiger partial charge in [-0.2, -0.15) is 0 Å². The average Bonchev–Trinajstić information content (AvgIpc) is 2.44. The van der Waals surface area contributed by atoms with Crippen LogP contribution in [-0.4, -0.2) is 12.0 Å². The number of hydrogen-bond acceptors (Lipinski definition) is 3. The molecule has 2 aromatic rings. The van der Waals surface area contributed by atoms with Gasteiger partial charge in [0, 0.05) is 18.0 Å². The van der Waals surface area contributed by atoms with Crippen LogP contribution in [0.3, 0.4) is 0 Å². The van der Waals surface area contributed by atoms with E-state index in [9.17, 15) is 0 Å². The van der Waals surface area contributed by atoms with Crippen LogP contribution in [0.2, 0.25) is 0 Å². The molecular formula is C17H22N2S. The van der Waals surface area contributed by atoms with E-state index >= 15 is 0 Å². The molecule has 0 amide bonds. The van der Waals surface area contributed by atoms with Crippen molar-refractivity contribution in [2.75, 3.05) is 7.05 Å². The minimum atomic E-state index is 0.348. The molecule has 1 heterocycles. The molecule has 0 aliphatic rings. The van der Waals surface area contributed by atoms with Crippen molar-refractivity contribution in [3.63, 3.8) is 0 Å². The number of rotatable bonds is 5. The maximum absolute atomic E-state index is 4.53. The van der Waals surface area contributed by atoms with E-state index < -0.39 is 0 Å². The Morgan fingerprint density at radius 2 is 1.85 bits per heavy atom. The highest BCUT2D eigenvalue weighted by Gasteiger charge is 2.04. The lowest BCUT2D eigenvalue weighted by Gasteiger charge is -2.10. The van der Waals surface area contributed by atoms with Crippen LogP contribution in [0.15, 0.2) is 41.6 Å². The Morgan fingerprint density at radius 3 is 2.40 bits per heavy atom. The van der Waals surface area contributed by atoms with Gasteiger partial charge in [0.15, 0.2) is 0 Å². The normalized spacial score (nSPS) is 12.4. The van der Waals surface area contributed by atoms with Gasteiger partial charge in [-0.1, -0.05) is 35.4 Å². The lowest BCUT2D eigenvalue weighted by Crippen LogP contribution is -2.12. The van der Waals surface area contributed by atoms with Gasteiger partial charge in [-0.25, -0.2) is 4.98 Å². The number of aromatic nitrogens is 1. The summed E-state index contributed by atoms with van der Waals surface area (Å²) in [6.07, 6.45) is 1.96. The third-order valence-corrected chi connectivity index (χ3v) is 4.38. The maximum atomic E-state index is 4.53. The van der Waals surface area contributed by atoms with Crippen molar-refractivity contribution in [1.29, 1.82) is 0 Å². The van der Waals surface area contributed by atoms with E-state index in [-0.39, 0.29) is 0 Å². The molecule has 0 saturated carbocycles. The van der Waals surface area contributed by atoms with E-state index in [1.54, 1.807) is 11.8 Å². The zero-order valence-corrected chi connectivity index (χ0v) is 13.4. The highest BCUT2D eigenvalue weighted by Crippen LogP contribution is 2.23. The lowest BCUT2D eigenvalue weighted by molar-refractivity contribution is 0.648. The number of nitrogens with zero attached hydrogens (tertiary/aromatic N) is 1. The standard InChI is InChI=1S/C17H22N2S/c1-12-7-13(2)9-15(8-12)11-20-17-6-5-16(10-19-17)14(3)18-4/h5-10,14,18H,11H2,1-4H3.